The molecule has 4 nitrogen and oxygen atoms in total. The normalized spacial score (nSPS) is 10.0. The van der Waals surface area contributed by atoms with Gasteiger partial charge in [-0.1, -0.05) is 0 Å². The van der Waals surface area contributed by atoms with Gasteiger partial charge >= 0.3 is 10.3 Å². The van der Waals surface area contributed by atoms with Crippen LogP contribution in [0, 0.1) is 0 Å². The molecule has 0 unspecified atom stereocenters. The van der Waals surface area contributed by atoms with Crippen LogP contribution in [-0.4, -0.2) is 8.42 Å². The predicted octanol–water partition coefficient (Wildman–Crippen LogP) is -0.642. The fourth-order valence-electron chi connectivity index (χ4n) is 0. The molecule has 0 aliphatic heterocycles. The molecule has 0 saturated carbocycles. The Morgan fingerprint density at radius 1 is 1.57 bits per heavy atom. The summed E-state index contributed by atoms with van der Waals surface area (Å²) < 4.78 is 22.0. The van der Waals surface area contributed by atoms with Crippen molar-refractivity contribution in [1.82, 2.24) is 0 Å². The molecule has 0 aromatic carbocycles. The Morgan fingerprint density at radius 3 is 1.71 bits per heavy atom. The van der Waals surface area contributed by atoms with Crippen molar-refractivity contribution in [2.45, 2.75) is 0 Å². The van der Waals surface area contributed by atoms with Crippen LogP contribution in [0.3, 0.4) is 0 Å². The average molecular weight is 187 g/mol. The van der Waals surface area contributed by atoms with Crippen molar-refractivity contribution in [2.75, 3.05) is 0 Å². The van der Waals surface area contributed by atoms with Crippen molar-refractivity contribution in [3.63, 3.8) is 0 Å². The van der Waals surface area contributed by atoms with Crippen LogP contribution in [0.1, 0.15) is 0 Å². The number of hydrogen-bond acceptors (Lipinski definition) is 3. The molecule has 0 amide bonds. The minimum absolute atomic E-state index is 0. The predicted molar refractivity (Wildman–Crippen MR) is 20.0 cm³/mol. The van der Waals surface area contributed by atoms with Gasteiger partial charge in [0.1, 0.15) is 0 Å². The second-order valence-electron chi connectivity index (χ2n) is 0.556. The first-order chi connectivity index (χ1) is 2.56. The summed E-state index contributed by atoms with van der Waals surface area (Å²) in [6.45, 7) is 0. The van der Waals surface area contributed by atoms with Gasteiger partial charge in [0.2, 0.25) is 0 Å². The van der Waals surface area contributed by atoms with Crippen LogP contribution >= 0.6 is 11.9 Å². The fourth-order valence-corrected chi connectivity index (χ4v) is 0. The second kappa shape index (κ2) is 3.65. The van der Waals surface area contributed by atoms with E-state index >= 15 is 0 Å². The van der Waals surface area contributed by atoms with Crippen LogP contribution in [0.2, 0.25) is 0 Å². The summed E-state index contributed by atoms with van der Waals surface area (Å²) in [6, 6.07) is 0. The maximum Gasteiger partial charge on any atom is 0.349 e. The van der Waals surface area contributed by atoms with E-state index in [0.717, 1.165) is 0 Å². The van der Waals surface area contributed by atoms with E-state index in [1.807, 2.05) is 0 Å². The van der Waals surface area contributed by atoms with E-state index in [2.05, 4.69) is 20.7 Å². The molecule has 0 aromatic rings. The van der Waals surface area contributed by atoms with Gasteiger partial charge in [-0.05, 0) is 0 Å². The van der Waals surface area contributed by atoms with Crippen molar-refractivity contribution in [3.8, 4) is 0 Å². The SMILES string of the molecule is NS(=O)(=O)OCl.[Fe]. The smallest absolute Gasteiger partial charge is 0.204 e. The third kappa shape index (κ3) is 10.8. The summed E-state index contributed by atoms with van der Waals surface area (Å²) in [6.07, 6.45) is 0. The molecule has 0 heterocycles. The zero-order chi connectivity index (χ0) is 5.21. The van der Waals surface area contributed by atoms with E-state index in [9.17, 15) is 8.42 Å². The first kappa shape index (κ1) is 10.6. The quantitative estimate of drug-likeness (QED) is 0.555. The average Bonchev–Trinajstić information content (AvgIpc) is 1.35. The summed E-state index contributed by atoms with van der Waals surface area (Å²) in [4.78, 5) is 0. The van der Waals surface area contributed by atoms with Crippen LogP contribution in [0.25, 0.3) is 0 Å². The molecule has 2 N–H and O–H groups in total. The zero-order valence-electron chi connectivity index (χ0n) is 2.94. The van der Waals surface area contributed by atoms with Crippen molar-refractivity contribution in [2.24, 2.45) is 5.14 Å². The van der Waals surface area contributed by atoms with E-state index in [0.29, 0.717) is 0 Å². The molecule has 0 bridgehead atoms. The van der Waals surface area contributed by atoms with Gasteiger partial charge in [-0.3, -0.25) is 0 Å². The van der Waals surface area contributed by atoms with Crippen LogP contribution in [0.4, 0.5) is 0 Å². The maximum absolute atomic E-state index is 9.42. The maximum atomic E-state index is 9.42. The topological polar surface area (TPSA) is 69.4 Å². The Kier molecular flexibility index (Phi) is 5.54. The minimum atomic E-state index is -3.90. The molecular weight excluding hydrogens is 185 g/mol. The van der Waals surface area contributed by atoms with Crippen LogP contribution in [0.15, 0.2) is 0 Å². The molecular formula is H2ClFeNO3S. The van der Waals surface area contributed by atoms with E-state index in [1.54, 1.807) is 0 Å². The first-order valence-corrected chi connectivity index (χ1v) is 2.67. The van der Waals surface area contributed by atoms with E-state index in [1.165, 1.54) is 0 Å². The first-order valence-electron chi connectivity index (χ1n) is 0.890. The van der Waals surface area contributed by atoms with Crippen LogP contribution in [0.5, 0.6) is 0 Å². The fraction of sp³-hybridized carbons (Fsp3) is 0. The Balaban J connectivity index is 0. The van der Waals surface area contributed by atoms with Gasteiger partial charge < -0.3 is 0 Å². The summed E-state index contributed by atoms with van der Waals surface area (Å²) in [5.41, 5.74) is 0. The Morgan fingerprint density at radius 2 is 1.71 bits per heavy atom. The van der Waals surface area contributed by atoms with Gasteiger partial charge in [-0.15, -0.1) is 3.74 Å². The monoisotopic (exact) mass is 187 g/mol. The van der Waals surface area contributed by atoms with Gasteiger partial charge in [0.05, 0.1) is 11.9 Å². The van der Waals surface area contributed by atoms with E-state index < -0.39 is 10.3 Å². The van der Waals surface area contributed by atoms with Crippen molar-refractivity contribution < 1.29 is 29.2 Å². The summed E-state index contributed by atoms with van der Waals surface area (Å²) in [7, 11) is -3.90. The van der Waals surface area contributed by atoms with Crippen LogP contribution in [-0.2, 0) is 31.1 Å². The van der Waals surface area contributed by atoms with E-state index in [-0.39, 0.29) is 17.1 Å². The molecule has 46 valence electrons. The van der Waals surface area contributed by atoms with Crippen molar-refractivity contribution in [3.05, 3.63) is 0 Å². The standard InChI is InChI=1S/ClH2NO3S.Fe/c1-5-6(2,3)4;/h(H2,2,3,4);. The second-order valence-corrected chi connectivity index (χ2v) is 2.05. The van der Waals surface area contributed by atoms with Gasteiger partial charge in [0.15, 0.2) is 0 Å². The number of halogens is 1. The molecule has 0 aromatic heterocycles. The number of rotatable bonds is 1. The largest absolute Gasteiger partial charge is 0.349 e. The third-order valence-corrected chi connectivity index (χ3v) is 0.790. The molecule has 0 aliphatic carbocycles. The minimum Gasteiger partial charge on any atom is -0.204 e. The van der Waals surface area contributed by atoms with Gasteiger partial charge in [0.25, 0.3) is 0 Å². The molecule has 0 fully saturated rings. The van der Waals surface area contributed by atoms with Gasteiger partial charge in [0, 0.05) is 17.1 Å². The van der Waals surface area contributed by atoms with Crippen LogP contribution < -0.4 is 5.14 Å². The Hall–Kier alpha value is 0.679. The molecule has 7 heavy (non-hydrogen) atoms. The number of hydrogen-bond donors (Lipinski definition) is 1. The molecule has 0 radical (unpaired) electrons. The number of nitrogens with two attached hydrogens (primary N) is 1. The summed E-state index contributed by atoms with van der Waals surface area (Å²) in [5.74, 6) is 0. The van der Waals surface area contributed by atoms with Gasteiger partial charge in [-0.25, -0.2) is 5.14 Å². The van der Waals surface area contributed by atoms with Gasteiger partial charge in [-0.2, -0.15) is 8.42 Å². The van der Waals surface area contributed by atoms with Crippen molar-refractivity contribution >= 4 is 22.2 Å². The molecule has 0 rings (SSSR count). The molecule has 7 heteroatoms. The van der Waals surface area contributed by atoms with E-state index in [4.69, 9.17) is 0 Å². The van der Waals surface area contributed by atoms with Crippen molar-refractivity contribution in [1.29, 1.82) is 0 Å². The summed E-state index contributed by atoms with van der Waals surface area (Å²) >= 11 is 4.26. The zero-order valence-corrected chi connectivity index (χ0v) is 5.62. The Labute approximate surface area is 56.9 Å². The molecule has 0 saturated heterocycles. The third-order valence-electron chi connectivity index (χ3n) is 0.0878. The Bertz CT molecular complexity index is 117. The molecule has 0 spiro atoms. The molecule has 0 aliphatic rings. The summed E-state index contributed by atoms with van der Waals surface area (Å²) in [5, 5.41) is 4.15. The molecule has 0 atom stereocenters.